The molecule has 10 heteroatoms. The van der Waals surface area contributed by atoms with Gasteiger partial charge in [0.15, 0.2) is 0 Å². The molecule has 0 spiro atoms. The van der Waals surface area contributed by atoms with E-state index in [9.17, 15) is 19.5 Å². The third-order valence-electron chi connectivity index (χ3n) is 7.54. The highest BCUT2D eigenvalue weighted by Gasteiger charge is 2.34. The van der Waals surface area contributed by atoms with E-state index >= 15 is 0 Å². The minimum atomic E-state index is -0.937. The molecule has 1 aliphatic carbocycles. The molecule has 44 heavy (non-hydrogen) atoms. The molecule has 10 nitrogen and oxygen atoms in total. The number of aliphatic hydroxyl groups excluding tert-OH is 1. The number of hydrogen-bond donors (Lipinski definition) is 5. The second-order valence-electron chi connectivity index (χ2n) is 11.1. The zero-order chi connectivity index (χ0) is 32.3. The number of nitrogens with zero attached hydrogens (tertiary/aromatic N) is 1. The van der Waals surface area contributed by atoms with Crippen LogP contribution < -0.4 is 20.7 Å². The van der Waals surface area contributed by atoms with E-state index < -0.39 is 18.2 Å². The van der Waals surface area contributed by atoms with E-state index in [1.807, 2.05) is 55.5 Å². The summed E-state index contributed by atoms with van der Waals surface area (Å²) in [4.78, 5) is 37.7. The first-order chi connectivity index (χ1) is 21.2. The van der Waals surface area contributed by atoms with Crippen molar-refractivity contribution >= 4 is 24.2 Å². The monoisotopic (exact) mass is 610 g/mol. The number of aldehydes is 1. The summed E-state index contributed by atoms with van der Waals surface area (Å²) < 4.78 is 6.01. The Kier molecular flexibility index (Phi) is 16.8. The van der Waals surface area contributed by atoms with Crippen molar-refractivity contribution in [2.45, 2.75) is 64.1 Å². The van der Waals surface area contributed by atoms with Gasteiger partial charge >= 0.3 is 0 Å². The lowest BCUT2D eigenvalue weighted by Crippen LogP contribution is -2.55. The SMILES string of the molecule is CNCC(=O)NC/C=C/c1ccccc1OCCNC(C(=O)N(C)C(C=O)C(C)O)C1CCCCC1.Cc1ccc(O)cc1. The Morgan fingerprint density at radius 2 is 1.77 bits per heavy atom. The van der Waals surface area contributed by atoms with Crippen molar-refractivity contribution in [3.8, 4) is 11.5 Å². The molecule has 3 unspecified atom stereocenters. The summed E-state index contributed by atoms with van der Waals surface area (Å²) in [7, 11) is 3.30. The second kappa shape index (κ2) is 20.3. The summed E-state index contributed by atoms with van der Waals surface area (Å²) in [6, 6.07) is 13.4. The van der Waals surface area contributed by atoms with Crippen LogP contribution >= 0.6 is 0 Å². The summed E-state index contributed by atoms with van der Waals surface area (Å²) in [6.45, 7) is 5.01. The van der Waals surface area contributed by atoms with E-state index in [1.165, 1.54) is 23.8 Å². The molecule has 2 aromatic rings. The predicted molar refractivity (Wildman–Crippen MR) is 173 cm³/mol. The molecule has 0 radical (unpaired) electrons. The third kappa shape index (κ3) is 12.9. The molecular formula is C34H50N4O6. The Morgan fingerprint density at radius 1 is 1.09 bits per heavy atom. The first-order valence-corrected chi connectivity index (χ1v) is 15.4. The highest BCUT2D eigenvalue weighted by atomic mass is 16.5. The molecule has 3 atom stereocenters. The van der Waals surface area contributed by atoms with Gasteiger partial charge in [-0.3, -0.25) is 9.59 Å². The van der Waals surface area contributed by atoms with Crippen molar-refractivity contribution in [3.05, 3.63) is 65.7 Å². The first-order valence-electron chi connectivity index (χ1n) is 15.4. The Labute approximate surface area is 261 Å². The number of benzene rings is 2. The van der Waals surface area contributed by atoms with Crippen LogP contribution in [0.25, 0.3) is 6.08 Å². The lowest BCUT2D eigenvalue weighted by Gasteiger charge is -2.35. The van der Waals surface area contributed by atoms with Gasteiger partial charge in [0.2, 0.25) is 11.8 Å². The van der Waals surface area contributed by atoms with Crippen molar-refractivity contribution in [1.29, 1.82) is 0 Å². The number of phenolic OH excluding ortho intramolecular Hbond substituents is 1. The molecule has 1 aliphatic rings. The number of likely N-dealkylation sites (N-methyl/N-ethyl adjacent to an activating group) is 2. The summed E-state index contributed by atoms with van der Waals surface area (Å²) in [6.07, 6.45) is 8.71. The van der Waals surface area contributed by atoms with E-state index in [4.69, 9.17) is 9.84 Å². The number of aryl methyl sites for hydroxylation is 1. The van der Waals surface area contributed by atoms with Crippen LogP contribution in [0, 0.1) is 12.8 Å². The highest BCUT2D eigenvalue weighted by molar-refractivity contribution is 5.85. The number of ether oxygens (including phenoxy) is 1. The van der Waals surface area contributed by atoms with E-state index in [0.29, 0.717) is 37.5 Å². The van der Waals surface area contributed by atoms with E-state index in [1.54, 1.807) is 26.2 Å². The maximum absolute atomic E-state index is 13.3. The van der Waals surface area contributed by atoms with Gasteiger partial charge < -0.3 is 40.6 Å². The number of aromatic hydroxyl groups is 1. The fraction of sp³-hybridized carbons (Fsp3) is 0.500. The van der Waals surface area contributed by atoms with Crippen LogP contribution in [0.2, 0.25) is 0 Å². The number of amides is 2. The Morgan fingerprint density at radius 3 is 2.39 bits per heavy atom. The molecule has 242 valence electrons. The van der Waals surface area contributed by atoms with Crippen LogP contribution in [-0.4, -0.2) is 91.7 Å². The van der Waals surface area contributed by atoms with Gasteiger partial charge in [0, 0.05) is 25.7 Å². The Bertz CT molecular complexity index is 1140. The lowest BCUT2D eigenvalue weighted by atomic mass is 9.83. The number of rotatable bonds is 15. The summed E-state index contributed by atoms with van der Waals surface area (Å²) in [5, 5.41) is 27.7. The average molecular weight is 611 g/mol. The Balaban J connectivity index is 0.000000727. The molecule has 5 N–H and O–H groups in total. The number of carbonyl (C=O) groups is 3. The number of phenols is 1. The van der Waals surface area contributed by atoms with Crippen LogP contribution in [-0.2, 0) is 14.4 Å². The molecule has 3 rings (SSSR count). The van der Waals surface area contributed by atoms with E-state index in [0.717, 1.165) is 31.2 Å². The zero-order valence-electron chi connectivity index (χ0n) is 26.5. The van der Waals surface area contributed by atoms with Crippen LogP contribution in [0.4, 0.5) is 0 Å². The lowest BCUT2D eigenvalue weighted by molar-refractivity contribution is -0.141. The van der Waals surface area contributed by atoms with Gasteiger partial charge in [-0.2, -0.15) is 0 Å². The van der Waals surface area contributed by atoms with Gasteiger partial charge in [0.05, 0.1) is 18.7 Å². The number of carbonyl (C=O) groups excluding carboxylic acids is 3. The normalized spacial score (nSPS) is 15.4. The molecule has 0 aliphatic heterocycles. The standard InChI is InChI=1S/C27H42N4O5.C7H8O/c1-20(33)23(19-32)31(3)27(35)26(22-11-5-4-6-12-22)30-16-17-36-24-14-8-7-10-21(24)13-9-15-29-25(34)18-28-2;1-6-2-4-7(8)5-3-6/h7-10,13-14,19-20,22-23,26,28,30,33H,4-6,11-12,15-18H2,1-3H3,(H,29,34);2-5,8H,1H3/b13-9+;. The van der Waals surface area contributed by atoms with Crippen LogP contribution in [0.3, 0.4) is 0 Å². The van der Waals surface area contributed by atoms with Crippen molar-refractivity contribution in [3.63, 3.8) is 0 Å². The smallest absolute Gasteiger partial charge is 0.240 e. The summed E-state index contributed by atoms with van der Waals surface area (Å²) >= 11 is 0. The predicted octanol–water partition coefficient (Wildman–Crippen LogP) is 3.06. The molecule has 2 aromatic carbocycles. The topological polar surface area (TPSA) is 140 Å². The van der Waals surface area contributed by atoms with Gasteiger partial charge in [-0.05, 0) is 57.9 Å². The summed E-state index contributed by atoms with van der Waals surface area (Å²) in [5.41, 5.74) is 2.06. The molecule has 0 saturated heterocycles. The number of hydrogen-bond acceptors (Lipinski definition) is 8. The van der Waals surface area contributed by atoms with Crippen molar-refractivity contribution in [2.75, 3.05) is 40.3 Å². The average Bonchev–Trinajstić information content (AvgIpc) is 3.02. The van der Waals surface area contributed by atoms with Crippen LogP contribution in [0.15, 0.2) is 54.6 Å². The van der Waals surface area contributed by atoms with Gasteiger partial charge in [-0.15, -0.1) is 0 Å². The highest BCUT2D eigenvalue weighted by Crippen LogP contribution is 2.28. The Hall–Kier alpha value is -3.73. The van der Waals surface area contributed by atoms with Crippen LogP contribution in [0.5, 0.6) is 11.5 Å². The largest absolute Gasteiger partial charge is 0.508 e. The number of para-hydroxylation sites is 1. The molecule has 2 amide bonds. The van der Waals surface area contributed by atoms with Crippen molar-refractivity contribution in [1.82, 2.24) is 20.9 Å². The number of aliphatic hydroxyl groups is 1. The van der Waals surface area contributed by atoms with Gasteiger partial charge in [0.1, 0.15) is 30.4 Å². The van der Waals surface area contributed by atoms with Crippen molar-refractivity contribution < 1.29 is 29.3 Å². The quantitative estimate of drug-likeness (QED) is 0.153. The molecular weight excluding hydrogens is 560 g/mol. The number of nitrogens with one attached hydrogen (secondary N) is 3. The molecule has 1 fully saturated rings. The minimum absolute atomic E-state index is 0.0709. The van der Waals surface area contributed by atoms with E-state index in [-0.39, 0.29) is 24.3 Å². The van der Waals surface area contributed by atoms with Gasteiger partial charge in [-0.1, -0.05) is 67.3 Å². The second-order valence-corrected chi connectivity index (χ2v) is 11.1. The van der Waals surface area contributed by atoms with Gasteiger partial charge in [-0.25, -0.2) is 0 Å². The summed E-state index contributed by atoms with van der Waals surface area (Å²) in [5.74, 6) is 0.978. The molecule has 0 aromatic heterocycles. The van der Waals surface area contributed by atoms with Crippen molar-refractivity contribution in [2.24, 2.45) is 5.92 Å². The van der Waals surface area contributed by atoms with Gasteiger partial charge in [0.25, 0.3) is 0 Å². The fourth-order valence-corrected chi connectivity index (χ4v) is 5.07. The zero-order valence-corrected chi connectivity index (χ0v) is 26.5. The first kappa shape index (κ1) is 36.5. The molecule has 0 bridgehead atoms. The molecule has 1 saturated carbocycles. The minimum Gasteiger partial charge on any atom is -0.508 e. The molecule has 0 heterocycles. The third-order valence-corrected chi connectivity index (χ3v) is 7.54. The van der Waals surface area contributed by atoms with Crippen LogP contribution in [0.1, 0.15) is 50.2 Å². The van der Waals surface area contributed by atoms with E-state index in [2.05, 4.69) is 16.0 Å². The fourth-order valence-electron chi connectivity index (χ4n) is 5.07. The maximum Gasteiger partial charge on any atom is 0.240 e. The maximum atomic E-state index is 13.3.